The number of carbonyl (C=O) groups excluding carboxylic acids is 1. The summed E-state index contributed by atoms with van der Waals surface area (Å²) in [6, 6.07) is 6.20. The number of para-hydroxylation sites is 1. The van der Waals surface area contributed by atoms with Crippen molar-refractivity contribution in [1.82, 2.24) is 24.7 Å². The Kier molecular flexibility index (Phi) is 7.33. The minimum absolute atomic E-state index is 0.0999. The zero-order valence-corrected chi connectivity index (χ0v) is 17.7. The number of hydrogen-bond acceptors (Lipinski definition) is 6. The zero-order valence-electron chi connectivity index (χ0n) is 17.7. The van der Waals surface area contributed by atoms with E-state index >= 15 is 0 Å². The highest BCUT2D eigenvalue weighted by atomic mass is 19.1. The summed E-state index contributed by atoms with van der Waals surface area (Å²) in [7, 11) is 1.46. The molecular formula is C20H29FN6O3. The third-order valence-corrected chi connectivity index (χ3v) is 5.55. The van der Waals surface area contributed by atoms with Crippen molar-refractivity contribution in [3.63, 3.8) is 0 Å². The zero-order chi connectivity index (χ0) is 21.7. The summed E-state index contributed by atoms with van der Waals surface area (Å²) >= 11 is 0. The fraction of sp³-hybridized carbons (Fsp3) is 0.600. The van der Waals surface area contributed by atoms with Crippen LogP contribution in [0.4, 0.5) is 10.1 Å². The molecule has 0 bridgehead atoms. The number of rotatable bonds is 8. The van der Waals surface area contributed by atoms with Gasteiger partial charge in [0.2, 0.25) is 0 Å². The molecule has 0 aliphatic carbocycles. The molecule has 0 spiro atoms. The number of aryl methyl sites for hydroxylation is 1. The lowest BCUT2D eigenvalue weighted by atomic mass is 9.91. The number of likely N-dealkylation sites (tertiary alicyclic amines) is 1. The molecule has 0 unspecified atom stereocenters. The van der Waals surface area contributed by atoms with Gasteiger partial charge in [0, 0.05) is 39.3 Å². The number of methoxy groups -OCH3 is 1. The Morgan fingerprint density at radius 3 is 2.63 bits per heavy atom. The molecule has 0 radical (unpaired) electrons. The van der Waals surface area contributed by atoms with Crippen LogP contribution in [0.2, 0.25) is 0 Å². The molecule has 2 atom stereocenters. The van der Waals surface area contributed by atoms with E-state index in [0.717, 1.165) is 13.1 Å². The first-order valence-corrected chi connectivity index (χ1v) is 10.2. The summed E-state index contributed by atoms with van der Waals surface area (Å²) in [5.74, 6) is -0.562. The molecule has 164 valence electrons. The first-order chi connectivity index (χ1) is 14.5. The first kappa shape index (κ1) is 22.1. The lowest BCUT2D eigenvalue weighted by Crippen LogP contribution is -2.54. The molecule has 1 amide bonds. The minimum Gasteiger partial charge on any atom is -0.375 e. The van der Waals surface area contributed by atoms with Gasteiger partial charge in [0.1, 0.15) is 12.4 Å². The van der Waals surface area contributed by atoms with Crippen molar-refractivity contribution >= 4 is 11.6 Å². The molecular weight excluding hydrogens is 391 g/mol. The van der Waals surface area contributed by atoms with Gasteiger partial charge in [-0.25, -0.2) is 9.18 Å². The average Bonchev–Trinajstić information content (AvgIpc) is 3.09. The monoisotopic (exact) mass is 420 g/mol. The van der Waals surface area contributed by atoms with Crippen molar-refractivity contribution in [2.45, 2.75) is 39.4 Å². The summed E-state index contributed by atoms with van der Waals surface area (Å²) in [5, 5.41) is 7.74. The van der Waals surface area contributed by atoms with Gasteiger partial charge < -0.3 is 14.5 Å². The summed E-state index contributed by atoms with van der Waals surface area (Å²) in [6.45, 7) is 6.87. The van der Waals surface area contributed by atoms with Crippen LogP contribution in [0.3, 0.4) is 0 Å². The number of carbonyl (C=O) groups is 1. The lowest BCUT2D eigenvalue weighted by Gasteiger charge is -2.42. The van der Waals surface area contributed by atoms with Crippen LogP contribution in [0.15, 0.2) is 29.1 Å². The van der Waals surface area contributed by atoms with E-state index in [1.165, 1.54) is 22.5 Å². The van der Waals surface area contributed by atoms with Crippen LogP contribution in [0.5, 0.6) is 0 Å². The topological polar surface area (TPSA) is 85.5 Å². The highest BCUT2D eigenvalue weighted by Gasteiger charge is 2.35. The smallest absolute Gasteiger partial charge is 0.363 e. The number of amides is 1. The fourth-order valence-electron chi connectivity index (χ4n) is 4.03. The van der Waals surface area contributed by atoms with Crippen LogP contribution in [0, 0.1) is 11.7 Å². The largest absolute Gasteiger partial charge is 0.375 e. The maximum absolute atomic E-state index is 14.5. The van der Waals surface area contributed by atoms with E-state index in [1.54, 1.807) is 23.1 Å². The quantitative estimate of drug-likeness (QED) is 0.633. The minimum atomic E-state index is -0.421. The van der Waals surface area contributed by atoms with Gasteiger partial charge in [-0.3, -0.25) is 4.79 Å². The molecule has 1 aromatic heterocycles. The molecule has 2 aromatic rings. The maximum Gasteiger partial charge on any atom is 0.363 e. The van der Waals surface area contributed by atoms with Gasteiger partial charge in [-0.2, -0.15) is 9.36 Å². The number of nitrogens with zero attached hydrogens (tertiary/aromatic N) is 6. The normalized spacial score (nSPS) is 19.7. The van der Waals surface area contributed by atoms with Gasteiger partial charge in [-0.05, 0) is 41.8 Å². The number of halogens is 1. The lowest BCUT2D eigenvalue weighted by molar-refractivity contribution is -0.123. The molecule has 9 nitrogen and oxygen atoms in total. The van der Waals surface area contributed by atoms with Crippen molar-refractivity contribution in [2.24, 2.45) is 5.92 Å². The fourth-order valence-corrected chi connectivity index (χ4v) is 4.03. The molecule has 1 fully saturated rings. The summed E-state index contributed by atoms with van der Waals surface area (Å²) in [4.78, 5) is 28.6. The van der Waals surface area contributed by atoms with Crippen molar-refractivity contribution in [2.75, 3.05) is 38.3 Å². The predicted octanol–water partition coefficient (Wildman–Crippen LogP) is 0.989. The molecule has 0 saturated carbocycles. The second-order valence-corrected chi connectivity index (χ2v) is 7.58. The highest BCUT2D eigenvalue weighted by molar-refractivity contribution is 5.95. The Hall–Kier alpha value is -2.59. The molecule has 1 aliphatic heterocycles. The summed E-state index contributed by atoms with van der Waals surface area (Å²) in [6.07, 6.45) is 0.696. The predicted molar refractivity (Wildman–Crippen MR) is 110 cm³/mol. The van der Waals surface area contributed by atoms with E-state index < -0.39 is 5.82 Å². The van der Waals surface area contributed by atoms with E-state index in [1.807, 2.05) is 6.92 Å². The highest BCUT2D eigenvalue weighted by Crippen LogP contribution is 2.29. The third-order valence-electron chi connectivity index (χ3n) is 5.55. The second-order valence-electron chi connectivity index (χ2n) is 7.58. The first-order valence-electron chi connectivity index (χ1n) is 10.2. The molecule has 30 heavy (non-hydrogen) atoms. The molecule has 1 aromatic carbocycles. The van der Waals surface area contributed by atoms with Crippen LogP contribution in [-0.2, 0) is 22.6 Å². The van der Waals surface area contributed by atoms with Crippen LogP contribution in [-0.4, -0.2) is 70.0 Å². The molecule has 1 aliphatic rings. The maximum atomic E-state index is 14.5. The van der Waals surface area contributed by atoms with E-state index in [9.17, 15) is 14.0 Å². The number of anilines is 1. The molecule has 0 N–H and O–H groups in total. The van der Waals surface area contributed by atoms with Gasteiger partial charge >= 0.3 is 5.69 Å². The Labute approximate surface area is 175 Å². The van der Waals surface area contributed by atoms with Crippen molar-refractivity contribution < 1.29 is 13.9 Å². The van der Waals surface area contributed by atoms with Crippen molar-refractivity contribution in [3.05, 3.63) is 40.6 Å². The number of tetrazole rings is 1. The number of aromatic nitrogens is 4. The van der Waals surface area contributed by atoms with Crippen LogP contribution in [0.25, 0.3) is 0 Å². The van der Waals surface area contributed by atoms with Gasteiger partial charge in [0.05, 0.1) is 12.2 Å². The third kappa shape index (κ3) is 4.76. The number of ether oxygens (including phenoxy) is 1. The van der Waals surface area contributed by atoms with Crippen molar-refractivity contribution in [1.29, 1.82) is 0 Å². The van der Waals surface area contributed by atoms with Gasteiger partial charge in [0.25, 0.3) is 5.91 Å². The molecule has 3 rings (SSSR count). The summed E-state index contributed by atoms with van der Waals surface area (Å²) < 4.78 is 22.2. The molecule has 2 heterocycles. The van der Waals surface area contributed by atoms with Crippen LogP contribution < -0.4 is 10.6 Å². The number of piperidine rings is 1. The van der Waals surface area contributed by atoms with Gasteiger partial charge in [-0.15, -0.1) is 0 Å². The second kappa shape index (κ2) is 9.94. The SMILES string of the molecule is CCn1nnn(CCN2CC[C@H](N(C(=O)COC)c3ccccc3F)[C@H](C)C2)c1=O. The van der Waals surface area contributed by atoms with E-state index in [-0.39, 0.29) is 35.9 Å². The summed E-state index contributed by atoms with van der Waals surface area (Å²) in [5.41, 5.74) is 0.0731. The van der Waals surface area contributed by atoms with E-state index in [4.69, 9.17) is 4.74 Å². The van der Waals surface area contributed by atoms with E-state index in [0.29, 0.717) is 26.1 Å². The van der Waals surface area contributed by atoms with Crippen LogP contribution >= 0.6 is 0 Å². The van der Waals surface area contributed by atoms with Crippen LogP contribution in [0.1, 0.15) is 20.3 Å². The Balaban J connectivity index is 1.68. The number of hydrogen-bond donors (Lipinski definition) is 0. The average molecular weight is 420 g/mol. The Morgan fingerprint density at radius 1 is 1.27 bits per heavy atom. The van der Waals surface area contributed by atoms with Crippen molar-refractivity contribution in [3.8, 4) is 0 Å². The Morgan fingerprint density at radius 2 is 2.00 bits per heavy atom. The standard InChI is InChI=1S/C20H29FN6O3/c1-4-25-20(29)26(23-22-25)12-11-24-10-9-17(15(2)13-24)27(19(28)14-30-3)18-8-6-5-7-16(18)21/h5-8,15,17H,4,9-14H2,1-3H3/t15-,17+/m1/s1. The van der Waals surface area contributed by atoms with E-state index in [2.05, 4.69) is 22.3 Å². The van der Waals surface area contributed by atoms with Gasteiger partial charge in [0.15, 0.2) is 0 Å². The van der Waals surface area contributed by atoms with Gasteiger partial charge in [-0.1, -0.05) is 19.1 Å². The molecule has 1 saturated heterocycles. The Bertz CT molecular complexity index is 914. The number of benzene rings is 1. The molecule has 10 heteroatoms.